The van der Waals surface area contributed by atoms with E-state index in [9.17, 15) is 9.59 Å². The number of carbonyl (C=O) groups is 2. The number of amides is 2. The first kappa shape index (κ1) is 17.1. The Labute approximate surface area is 147 Å². The molecular formula is C18H23N5O2. The van der Waals surface area contributed by atoms with Gasteiger partial charge in [-0.1, -0.05) is 0 Å². The van der Waals surface area contributed by atoms with Gasteiger partial charge in [0.25, 0.3) is 11.8 Å². The van der Waals surface area contributed by atoms with Crippen LogP contribution >= 0.6 is 0 Å². The predicted molar refractivity (Wildman–Crippen MR) is 93.3 cm³/mol. The number of hydrogen-bond acceptors (Lipinski definition) is 4. The molecule has 3 rings (SSSR count). The Bertz CT molecular complexity index is 748. The zero-order chi connectivity index (χ0) is 17.8. The summed E-state index contributed by atoms with van der Waals surface area (Å²) in [6, 6.07) is 5.34. The summed E-state index contributed by atoms with van der Waals surface area (Å²) < 4.78 is 1.72. The molecule has 0 saturated carbocycles. The molecule has 0 unspecified atom stereocenters. The second kappa shape index (κ2) is 7.46. The fourth-order valence-electron chi connectivity index (χ4n) is 3.13. The molecular weight excluding hydrogens is 318 g/mol. The molecule has 2 aromatic heterocycles. The maximum atomic E-state index is 12.5. The van der Waals surface area contributed by atoms with Crippen LogP contribution in [-0.2, 0) is 6.54 Å². The summed E-state index contributed by atoms with van der Waals surface area (Å²) in [6.45, 7) is 5.78. The number of rotatable bonds is 4. The van der Waals surface area contributed by atoms with Crippen molar-refractivity contribution in [3.8, 4) is 0 Å². The van der Waals surface area contributed by atoms with Gasteiger partial charge in [-0.05, 0) is 44.9 Å². The number of nitrogens with one attached hydrogen (secondary N) is 1. The van der Waals surface area contributed by atoms with E-state index < -0.39 is 0 Å². The van der Waals surface area contributed by atoms with Gasteiger partial charge in [-0.25, -0.2) is 0 Å². The molecule has 0 aliphatic carbocycles. The molecule has 0 atom stereocenters. The largest absolute Gasteiger partial charge is 0.348 e. The first-order valence-electron chi connectivity index (χ1n) is 8.63. The number of aryl methyl sites for hydroxylation is 2. The van der Waals surface area contributed by atoms with E-state index in [0.29, 0.717) is 30.9 Å². The third-order valence-corrected chi connectivity index (χ3v) is 4.48. The van der Waals surface area contributed by atoms with E-state index in [-0.39, 0.29) is 17.9 Å². The lowest BCUT2D eigenvalue weighted by atomic mass is 10.0. The van der Waals surface area contributed by atoms with Crippen LogP contribution in [0.25, 0.3) is 0 Å². The van der Waals surface area contributed by atoms with Gasteiger partial charge < -0.3 is 10.2 Å². The predicted octanol–water partition coefficient (Wildman–Crippen LogP) is 1.64. The van der Waals surface area contributed by atoms with Crippen LogP contribution in [-0.4, -0.2) is 50.6 Å². The summed E-state index contributed by atoms with van der Waals surface area (Å²) in [4.78, 5) is 30.7. The Morgan fingerprint density at radius 2 is 1.92 bits per heavy atom. The topological polar surface area (TPSA) is 80.1 Å². The van der Waals surface area contributed by atoms with Crippen LogP contribution in [0.3, 0.4) is 0 Å². The van der Waals surface area contributed by atoms with Gasteiger partial charge in [0.2, 0.25) is 0 Å². The highest BCUT2D eigenvalue weighted by molar-refractivity contribution is 5.94. The number of hydrogen-bond donors (Lipinski definition) is 1. The Balaban J connectivity index is 1.56. The van der Waals surface area contributed by atoms with Gasteiger partial charge in [-0.3, -0.25) is 19.3 Å². The highest BCUT2D eigenvalue weighted by Gasteiger charge is 2.25. The molecule has 1 saturated heterocycles. The minimum atomic E-state index is -0.0960. The summed E-state index contributed by atoms with van der Waals surface area (Å²) >= 11 is 0. The van der Waals surface area contributed by atoms with E-state index >= 15 is 0 Å². The van der Waals surface area contributed by atoms with Crippen molar-refractivity contribution in [2.45, 2.75) is 39.3 Å². The molecule has 3 heterocycles. The SMILES string of the molecule is CCn1nc(C)cc1C(=O)NC1CCN(C(=O)c2ccncc2)CC1. The molecule has 7 nitrogen and oxygen atoms in total. The van der Waals surface area contributed by atoms with Crippen LogP contribution in [0.1, 0.15) is 46.3 Å². The standard InChI is InChI=1S/C18H23N5O2/c1-3-23-16(12-13(2)21-23)17(24)20-15-6-10-22(11-7-15)18(25)14-4-8-19-9-5-14/h4-5,8-9,12,15H,3,6-7,10-11H2,1-2H3,(H,20,24). The van der Waals surface area contributed by atoms with Crippen molar-refractivity contribution >= 4 is 11.8 Å². The van der Waals surface area contributed by atoms with E-state index in [1.807, 2.05) is 18.7 Å². The lowest BCUT2D eigenvalue weighted by molar-refractivity contribution is 0.0697. The first-order chi connectivity index (χ1) is 12.1. The van der Waals surface area contributed by atoms with Crippen molar-refractivity contribution in [2.24, 2.45) is 0 Å². The highest BCUT2D eigenvalue weighted by Crippen LogP contribution is 2.14. The molecule has 1 N–H and O–H groups in total. The second-order valence-electron chi connectivity index (χ2n) is 6.26. The van der Waals surface area contributed by atoms with Gasteiger partial charge in [0.1, 0.15) is 5.69 Å². The molecule has 1 aliphatic heterocycles. The normalized spacial score (nSPS) is 15.2. The number of carbonyl (C=O) groups excluding carboxylic acids is 2. The van der Waals surface area contributed by atoms with Gasteiger partial charge in [0, 0.05) is 43.6 Å². The van der Waals surface area contributed by atoms with Gasteiger partial charge in [0.05, 0.1) is 5.69 Å². The molecule has 0 aromatic carbocycles. The number of nitrogens with zero attached hydrogens (tertiary/aromatic N) is 4. The quantitative estimate of drug-likeness (QED) is 0.917. The summed E-state index contributed by atoms with van der Waals surface area (Å²) in [7, 11) is 0. The minimum Gasteiger partial charge on any atom is -0.348 e. The Kier molecular flexibility index (Phi) is 5.11. The van der Waals surface area contributed by atoms with Crippen molar-refractivity contribution in [3.63, 3.8) is 0 Å². The molecule has 1 aliphatic rings. The molecule has 2 aromatic rings. The average Bonchev–Trinajstić information content (AvgIpc) is 3.03. The fraction of sp³-hybridized carbons (Fsp3) is 0.444. The van der Waals surface area contributed by atoms with E-state index in [4.69, 9.17) is 0 Å². The monoisotopic (exact) mass is 341 g/mol. The van der Waals surface area contributed by atoms with E-state index in [0.717, 1.165) is 18.5 Å². The number of likely N-dealkylation sites (tertiary alicyclic amines) is 1. The molecule has 0 radical (unpaired) electrons. The Morgan fingerprint density at radius 3 is 2.56 bits per heavy atom. The maximum absolute atomic E-state index is 12.5. The zero-order valence-corrected chi connectivity index (χ0v) is 14.6. The van der Waals surface area contributed by atoms with E-state index in [2.05, 4.69) is 15.4 Å². The Hall–Kier alpha value is -2.70. The van der Waals surface area contributed by atoms with Gasteiger partial charge >= 0.3 is 0 Å². The van der Waals surface area contributed by atoms with E-state index in [1.165, 1.54) is 0 Å². The van der Waals surface area contributed by atoms with Crippen molar-refractivity contribution in [1.29, 1.82) is 0 Å². The lowest BCUT2D eigenvalue weighted by Crippen LogP contribution is -2.46. The van der Waals surface area contributed by atoms with Gasteiger partial charge in [0.15, 0.2) is 0 Å². The Morgan fingerprint density at radius 1 is 1.24 bits per heavy atom. The zero-order valence-electron chi connectivity index (χ0n) is 14.6. The minimum absolute atomic E-state index is 0.0202. The number of aromatic nitrogens is 3. The lowest BCUT2D eigenvalue weighted by Gasteiger charge is -2.32. The number of piperidine rings is 1. The summed E-state index contributed by atoms with van der Waals surface area (Å²) in [5, 5.41) is 7.38. The van der Waals surface area contributed by atoms with Crippen molar-refractivity contribution < 1.29 is 9.59 Å². The summed E-state index contributed by atoms with van der Waals surface area (Å²) in [6.07, 6.45) is 4.75. The molecule has 0 spiro atoms. The van der Waals surface area contributed by atoms with Crippen LogP contribution < -0.4 is 5.32 Å². The fourth-order valence-corrected chi connectivity index (χ4v) is 3.13. The molecule has 25 heavy (non-hydrogen) atoms. The molecule has 2 amide bonds. The summed E-state index contributed by atoms with van der Waals surface area (Å²) in [5.41, 5.74) is 2.08. The van der Waals surface area contributed by atoms with E-state index in [1.54, 1.807) is 35.3 Å². The van der Waals surface area contributed by atoms with Crippen LogP contribution in [0.4, 0.5) is 0 Å². The first-order valence-corrected chi connectivity index (χ1v) is 8.63. The summed E-state index contributed by atoms with van der Waals surface area (Å²) in [5.74, 6) is -0.0757. The molecule has 132 valence electrons. The third kappa shape index (κ3) is 3.87. The maximum Gasteiger partial charge on any atom is 0.269 e. The van der Waals surface area contributed by atoms with Crippen LogP contribution in [0.15, 0.2) is 30.6 Å². The van der Waals surface area contributed by atoms with Crippen LogP contribution in [0.5, 0.6) is 0 Å². The van der Waals surface area contributed by atoms with Crippen LogP contribution in [0, 0.1) is 6.92 Å². The third-order valence-electron chi connectivity index (χ3n) is 4.48. The van der Waals surface area contributed by atoms with Crippen molar-refractivity contribution in [3.05, 3.63) is 47.5 Å². The van der Waals surface area contributed by atoms with Crippen molar-refractivity contribution in [2.75, 3.05) is 13.1 Å². The molecule has 7 heteroatoms. The smallest absolute Gasteiger partial charge is 0.269 e. The highest BCUT2D eigenvalue weighted by atomic mass is 16.2. The molecule has 1 fully saturated rings. The van der Waals surface area contributed by atoms with Gasteiger partial charge in [-0.2, -0.15) is 5.10 Å². The molecule has 0 bridgehead atoms. The average molecular weight is 341 g/mol. The van der Waals surface area contributed by atoms with Crippen molar-refractivity contribution in [1.82, 2.24) is 25.0 Å². The second-order valence-corrected chi connectivity index (χ2v) is 6.26. The van der Waals surface area contributed by atoms with Crippen LogP contribution in [0.2, 0.25) is 0 Å². The van der Waals surface area contributed by atoms with Gasteiger partial charge in [-0.15, -0.1) is 0 Å². The number of pyridine rings is 1.